The molecule has 6 nitrogen and oxygen atoms in total. The van der Waals surface area contributed by atoms with E-state index in [4.69, 9.17) is 4.42 Å². The Kier molecular flexibility index (Phi) is 5.31. The SMILES string of the molecule is COC(=O)c1cc(NC(=O)Cc2csc(-c3ccc(C)o3)n2)c(F)cc1F. The molecule has 1 N–H and O–H groups in total. The molecule has 0 saturated carbocycles. The number of carbonyl (C=O) groups is 2. The fraction of sp³-hybridized carbons (Fsp3) is 0.167. The quantitative estimate of drug-likeness (QED) is 0.665. The van der Waals surface area contributed by atoms with E-state index >= 15 is 0 Å². The number of benzene rings is 1. The Morgan fingerprint density at radius 1 is 1.26 bits per heavy atom. The van der Waals surface area contributed by atoms with Gasteiger partial charge < -0.3 is 14.5 Å². The second kappa shape index (κ2) is 7.67. The van der Waals surface area contributed by atoms with Gasteiger partial charge in [0.1, 0.15) is 17.4 Å². The lowest BCUT2D eigenvalue weighted by molar-refractivity contribution is -0.115. The number of methoxy groups -OCH3 is 1. The third-order valence-corrected chi connectivity index (χ3v) is 4.49. The molecule has 3 rings (SSSR count). The number of hydrogen-bond donors (Lipinski definition) is 1. The number of halogens is 2. The molecule has 1 amide bonds. The number of aromatic nitrogens is 1. The van der Waals surface area contributed by atoms with Crippen LogP contribution >= 0.6 is 11.3 Å². The molecule has 9 heteroatoms. The molecule has 0 bridgehead atoms. The van der Waals surface area contributed by atoms with Crippen molar-refractivity contribution in [2.45, 2.75) is 13.3 Å². The van der Waals surface area contributed by atoms with E-state index in [0.29, 0.717) is 22.5 Å². The largest absolute Gasteiger partial charge is 0.465 e. The summed E-state index contributed by atoms with van der Waals surface area (Å²) in [6, 6.07) is 4.99. The van der Waals surface area contributed by atoms with Crippen LogP contribution in [0.25, 0.3) is 10.8 Å². The first-order valence-corrected chi connectivity index (χ1v) is 8.63. The number of furan rings is 1. The van der Waals surface area contributed by atoms with Crippen molar-refractivity contribution in [3.05, 3.63) is 58.3 Å². The molecule has 0 aliphatic heterocycles. The highest BCUT2D eigenvalue weighted by molar-refractivity contribution is 7.13. The van der Waals surface area contributed by atoms with Gasteiger partial charge in [0.05, 0.1) is 30.5 Å². The number of nitrogens with one attached hydrogen (secondary N) is 1. The van der Waals surface area contributed by atoms with Crippen LogP contribution in [-0.2, 0) is 16.0 Å². The molecule has 0 radical (unpaired) electrons. The first kappa shape index (κ1) is 18.7. The van der Waals surface area contributed by atoms with Crippen LogP contribution in [0.2, 0.25) is 0 Å². The van der Waals surface area contributed by atoms with E-state index in [1.165, 1.54) is 11.3 Å². The Morgan fingerprint density at radius 3 is 2.70 bits per heavy atom. The predicted molar refractivity (Wildman–Crippen MR) is 94.6 cm³/mol. The molecule has 1 aromatic carbocycles. The number of esters is 1. The molecule has 0 aliphatic rings. The van der Waals surface area contributed by atoms with Gasteiger partial charge in [-0.3, -0.25) is 4.79 Å². The summed E-state index contributed by atoms with van der Waals surface area (Å²) < 4.78 is 37.4. The topological polar surface area (TPSA) is 81.4 Å². The van der Waals surface area contributed by atoms with Crippen molar-refractivity contribution < 1.29 is 27.5 Å². The van der Waals surface area contributed by atoms with Crippen LogP contribution in [0.15, 0.2) is 34.1 Å². The summed E-state index contributed by atoms with van der Waals surface area (Å²) in [5.74, 6) is -2.28. The summed E-state index contributed by atoms with van der Waals surface area (Å²) >= 11 is 1.31. The third kappa shape index (κ3) is 4.20. The van der Waals surface area contributed by atoms with Crippen LogP contribution in [-0.4, -0.2) is 24.0 Å². The molecule has 0 spiro atoms. The van der Waals surface area contributed by atoms with E-state index in [9.17, 15) is 18.4 Å². The number of thiazole rings is 1. The van der Waals surface area contributed by atoms with Crippen LogP contribution in [0.5, 0.6) is 0 Å². The zero-order valence-electron chi connectivity index (χ0n) is 14.3. The van der Waals surface area contributed by atoms with Crippen molar-refractivity contribution in [1.82, 2.24) is 4.98 Å². The third-order valence-electron chi connectivity index (χ3n) is 3.58. The van der Waals surface area contributed by atoms with Gasteiger partial charge in [-0.2, -0.15) is 0 Å². The summed E-state index contributed by atoms with van der Waals surface area (Å²) in [4.78, 5) is 28.0. The number of ether oxygens (including phenoxy) is 1. The number of carbonyl (C=O) groups excluding carboxylic acids is 2. The van der Waals surface area contributed by atoms with Gasteiger partial charge in [-0.15, -0.1) is 11.3 Å². The Labute approximate surface area is 156 Å². The van der Waals surface area contributed by atoms with Gasteiger partial charge in [-0.05, 0) is 25.1 Å². The average Bonchev–Trinajstić information content (AvgIpc) is 3.25. The van der Waals surface area contributed by atoms with Gasteiger partial charge in [0.15, 0.2) is 10.8 Å². The van der Waals surface area contributed by atoms with Crippen LogP contribution in [0.3, 0.4) is 0 Å². The lowest BCUT2D eigenvalue weighted by atomic mass is 10.1. The van der Waals surface area contributed by atoms with E-state index in [-0.39, 0.29) is 12.1 Å². The molecule has 140 valence electrons. The number of rotatable bonds is 5. The van der Waals surface area contributed by atoms with Crippen molar-refractivity contribution in [3.8, 4) is 10.8 Å². The molecule has 0 unspecified atom stereocenters. The van der Waals surface area contributed by atoms with Crippen LogP contribution in [0, 0.1) is 18.6 Å². The van der Waals surface area contributed by atoms with Crippen LogP contribution in [0.1, 0.15) is 21.8 Å². The minimum absolute atomic E-state index is 0.124. The molecular formula is C18H14F2N2O4S. The molecule has 3 aromatic rings. The molecular weight excluding hydrogens is 378 g/mol. The lowest BCUT2D eigenvalue weighted by Crippen LogP contribution is -2.17. The molecule has 2 aromatic heterocycles. The maximum atomic E-state index is 13.9. The number of hydrogen-bond acceptors (Lipinski definition) is 6. The van der Waals surface area contributed by atoms with E-state index in [2.05, 4.69) is 15.0 Å². The van der Waals surface area contributed by atoms with Crippen molar-refractivity contribution in [1.29, 1.82) is 0 Å². The molecule has 0 atom stereocenters. The lowest BCUT2D eigenvalue weighted by Gasteiger charge is -2.08. The molecule has 0 aliphatic carbocycles. The average molecular weight is 392 g/mol. The fourth-order valence-electron chi connectivity index (χ4n) is 2.32. The summed E-state index contributed by atoms with van der Waals surface area (Å²) in [5, 5.41) is 4.62. The van der Waals surface area contributed by atoms with Gasteiger partial charge in [0.25, 0.3) is 0 Å². The van der Waals surface area contributed by atoms with Crippen molar-refractivity contribution in [2.24, 2.45) is 0 Å². The van der Waals surface area contributed by atoms with Crippen molar-refractivity contribution in [2.75, 3.05) is 12.4 Å². The molecule has 0 fully saturated rings. The fourth-order valence-corrected chi connectivity index (χ4v) is 3.10. The Morgan fingerprint density at radius 2 is 2.04 bits per heavy atom. The maximum absolute atomic E-state index is 13.9. The zero-order chi connectivity index (χ0) is 19.6. The van der Waals surface area contributed by atoms with Gasteiger partial charge in [0.2, 0.25) is 5.91 Å². The summed E-state index contributed by atoms with van der Waals surface area (Å²) in [6.45, 7) is 1.81. The highest BCUT2D eigenvalue weighted by Gasteiger charge is 2.18. The van der Waals surface area contributed by atoms with Crippen molar-refractivity contribution in [3.63, 3.8) is 0 Å². The van der Waals surface area contributed by atoms with Gasteiger partial charge in [0, 0.05) is 11.4 Å². The first-order valence-electron chi connectivity index (χ1n) is 7.76. The minimum Gasteiger partial charge on any atom is -0.465 e. The van der Waals surface area contributed by atoms with Crippen LogP contribution in [0.4, 0.5) is 14.5 Å². The predicted octanol–water partition coefficient (Wildman–Crippen LogP) is 3.96. The smallest absolute Gasteiger partial charge is 0.340 e. The van der Waals surface area contributed by atoms with E-state index < -0.39 is 29.1 Å². The Bertz CT molecular complexity index is 1010. The van der Waals surface area contributed by atoms with E-state index in [0.717, 1.165) is 18.9 Å². The summed E-state index contributed by atoms with van der Waals surface area (Å²) in [7, 11) is 1.07. The normalized spacial score (nSPS) is 10.7. The number of amides is 1. The van der Waals surface area contributed by atoms with Gasteiger partial charge in [-0.1, -0.05) is 0 Å². The van der Waals surface area contributed by atoms with Gasteiger partial charge >= 0.3 is 5.97 Å². The number of nitrogens with zero attached hydrogens (tertiary/aromatic N) is 1. The number of anilines is 1. The van der Waals surface area contributed by atoms with E-state index in [1.54, 1.807) is 17.5 Å². The standard InChI is InChI=1S/C18H14F2N2O4S/c1-9-3-4-15(26-9)17-21-10(8-27-17)5-16(23)22-14-6-11(18(24)25-2)12(19)7-13(14)20/h3-4,6-8H,5H2,1-2H3,(H,22,23). The zero-order valence-corrected chi connectivity index (χ0v) is 15.2. The van der Waals surface area contributed by atoms with Crippen molar-refractivity contribution >= 4 is 28.9 Å². The molecule has 0 saturated heterocycles. The second-order valence-electron chi connectivity index (χ2n) is 5.58. The number of aryl methyl sites for hydroxylation is 1. The Balaban J connectivity index is 1.73. The second-order valence-corrected chi connectivity index (χ2v) is 6.44. The summed E-state index contributed by atoms with van der Waals surface area (Å²) in [6.07, 6.45) is -0.124. The minimum atomic E-state index is -1.07. The maximum Gasteiger partial charge on any atom is 0.340 e. The monoisotopic (exact) mass is 392 g/mol. The van der Waals surface area contributed by atoms with E-state index in [1.807, 2.05) is 6.92 Å². The molecule has 2 heterocycles. The first-order chi connectivity index (χ1) is 12.9. The summed E-state index contributed by atoms with van der Waals surface area (Å²) in [5.41, 5.74) is -0.325. The highest BCUT2D eigenvalue weighted by atomic mass is 32.1. The Hall–Kier alpha value is -3.07. The van der Waals surface area contributed by atoms with Crippen LogP contribution < -0.4 is 5.32 Å². The van der Waals surface area contributed by atoms with Gasteiger partial charge in [-0.25, -0.2) is 18.6 Å². The molecule has 27 heavy (non-hydrogen) atoms. The highest BCUT2D eigenvalue weighted by Crippen LogP contribution is 2.26.